The predicted octanol–water partition coefficient (Wildman–Crippen LogP) is 2.64. The molecule has 0 radical (unpaired) electrons. The van der Waals surface area contributed by atoms with Crippen molar-refractivity contribution in [2.24, 2.45) is 5.92 Å². The predicted molar refractivity (Wildman–Crippen MR) is 69.7 cm³/mol. The van der Waals surface area contributed by atoms with E-state index in [9.17, 15) is 0 Å². The van der Waals surface area contributed by atoms with Crippen LogP contribution in [-0.2, 0) is 0 Å². The van der Waals surface area contributed by atoms with Gasteiger partial charge in [-0.1, -0.05) is 13.3 Å². The van der Waals surface area contributed by atoms with E-state index in [2.05, 4.69) is 24.1 Å². The Hall–Kier alpha value is -0.0800. The van der Waals surface area contributed by atoms with E-state index in [4.69, 9.17) is 0 Å². The van der Waals surface area contributed by atoms with E-state index in [0.717, 1.165) is 18.0 Å². The maximum atomic E-state index is 3.68. The van der Waals surface area contributed by atoms with Crippen LogP contribution in [0.3, 0.4) is 0 Å². The van der Waals surface area contributed by atoms with Crippen LogP contribution in [0, 0.1) is 5.92 Å². The maximum absolute atomic E-state index is 3.68. The van der Waals surface area contributed by atoms with Crippen molar-refractivity contribution >= 4 is 0 Å². The van der Waals surface area contributed by atoms with Crippen LogP contribution in [0.2, 0.25) is 0 Å². The lowest BCUT2D eigenvalue weighted by molar-refractivity contribution is 0.160. The lowest BCUT2D eigenvalue weighted by atomic mass is 10.0. The average molecular weight is 224 g/mol. The number of nitrogens with one attached hydrogen (secondary N) is 1. The molecule has 2 heteroatoms. The topological polar surface area (TPSA) is 15.3 Å². The molecule has 1 saturated heterocycles. The van der Waals surface area contributed by atoms with Gasteiger partial charge in [0.1, 0.15) is 0 Å². The first kappa shape index (κ1) is 12.4. The third-order valence-corrected chi connectivity index (χ3v) is 4.26. The Balaban J connectivity index is 1.80. The zero-order valence-corrected chi connectivity index (χ0v) is 11.0. The van der Waals surface area contributed by atoms with Crippen molar-refractivity contribution in [3.63, 3.8) is 0 Å². The van der Waals surface area contributed by atoms with Gasteiger partial charge in [-0.05, 0) is 58.0 Å². The Bertz CT molecular complexity index is 195. The molecular weight excluding hydrogens is 196 g/mol. The standard InChI is InChI=1S/C14H28N2/c1-3-10-16(12(2)13-7-8-13)11-14-6-4-5-9-15-14/h12-15H,3-11H2,1-2H3. The first-order chi connectivity index (χ1) is 7.81. The summed E-state index contributed by atoms with van der Waals surface area (Å²) < 4.78 is 0. The van der Waals surface area contributed by atoms with E-state index in [0.29, 0.717) is 0 Å². The fourth-order valence-electron chi connectivity index (χ4n) is 2.99. The molecule has 0 aromatic carbocycles. The van der Waals surface area contributed by atoms with E-state index in [1.807, 2.05) is 0 Å². The lowest BCUT2D eigenvalue weighted by Gasteiger charge is -2.34. The highest BCUT2D eigenvalue weighted by Gasteiger charge is 2.32. The summed E-state index contributed by atoms with van der Waals surface area (Å²) >= 11 is 0. The molecule has 0 aromatic rings. The van der Waals surface area contributed by atoms with E-state index >= 15 is 0 Å². The van der Waals surface area contributed by atoms with Crippen molar-refractivity contribution < 1.29 is 0 Å². The quantitative estimate of drug-likeness (QED) is 0.746. The van der Waals surface area contributed by atoms with Gasteiger partial charge >= 0.3 is 0 Å². The summed E-state index contributed by atoms with van der Waals surface area (Å²) in [5.41, 5.74) is 0. The molecule has 0 aromatic heterocycles. The molecule has 0 bridgehead atoms. The average Bonchev–Trinajstić information content (AvgIpc) is 3.13. The molecule has 2 rings (SSSR count). The van der Waals surface area contributed by atoms with Gasteiger partial charge < -0.3 is 5.32 Å². The first-order valence-corrected chi connectivity index (χ1v) is 7.28. The SMILES string of the molecule is CCCN(CC1CCCCN1)C(C)C1CC1. The second-order valence-electron chi connectivity index (χ2n) is 5.72. The molecule has 94 valence electrons. The molecule has 1 saturated carbocycles. The highest BCUT2D eigenvalue weighted by molar-refractivity contribution is 4.87. The molecule has 0 amide bonds. The Labute approximate surface area is 101 Å². The minimum Gasteiger partial charge on any atom is -0.313 e. The van der Waals surface area contributed by atoms with Crippen LogP contribution in [0.25, 0.3) is 0 Å². The lowest BCUT2D eigenvalue weighted by Crippen LogP contribution is -2.47. The third-order valence-electron chi connectivity index (χ3n) is 4.26. The van der Waals surface area contributed by atoms with E-state index in [-0.39, 0.29) is 0 Å². The molecule has 2 fully saturated rings. The summed E-state index contributed by atoms with van der Waals surface area (Å²) in [4.78, 5) is 2.74. The molecule has 2 aliphatic rings. The van der Waals surface area contributed by atoms with Crippen molar-refractivity contribution in [1.82, 2.24) is 10.2 Å². The molecule has 16 heavy (non-hydrogen) atoms. The Kier molecular flexibility index (Phi) is 4.66. The van der Waals surface area contributed by atoms with Crippen LogP contribution >= 0.6 is 0 Å². The second kappa shape index (κ2) is 6.02. The molecule has 2 atom stereocenters. The molecule has 1 heterocycles. The van der Waals surface area contributed by atoms with Gasteiger partial charge in [0.05, 0.1) is 0 Å². The van der Waals surface area contributed by atoms with Crippen molar-refractivity contribution in [3.8, 4) is 0 Å². The fraction of sp³-hybridized carbons (Fsp3) is 1.00. The van der Waals surface area contributed by atoms with Gasteiger partial charge in [-0.2, -0.15) is 0 Å². The summed E-state index contributed by atoms with van der Waals surface area (Å²) in [7, 11) is 0. The maximum Gasteiger partial charge on any atom is 0.0195 e. The Morgan fingerprint density at radius 2 is 2.06 bits per heavy atom. The van der Waals surface area contributed by atoms with Crippen molar-refractivity contribution in [3.05, 3.63) is 0 Å². The number of nitrogens with zero attached hydrogens (tertiary/aromatic N) is 1. The second-order valence-corrected chi connectivity index (χ2v) is 5.72. The largest absolute Gasteiger partial charge is 0.313 e. The van der Waals surface area contributed by atoms with Crippen LogP contribution in [0.5, 0.6) is 0 Å². The third kappa shape index (κ3) is 3.46. The Morgan fingerprint density at radius 1 is 1.25 bits per heavy atom. The van der Waals surface area contributed by atoms with Gasteiger partial charge in [-0.25, -0.2) is 0 Å². The summed E-state index contributed by atoms with van der Waals surface area (Å²) in [6.45, 7) is 8.56. The highest BCUT2D eigenvalue weighted by Crippen LogP contribution is 2.35. The smallest absolute Gasteiger partial charge is 0.0195 e. The van der Waals surface area contributed by atoms with Crippen molar-refractivity contribution in [2.75, 3.05) is 19.6 Å². The Morgan fingerprint density at radius 3 is 2.62 bits per heavy atom. The molecule has 1 aliphatic heterocycles. The number of piperidine rings is 1. The molecule has 1 aliphatic carbocycles. The molecule has 2 nitrogen and oxygen atoms in total. The van der Waals surface area contributed by atoms with Gasteiger partial charge in [-0.15, -0.1) is 0 Å². The molecular formula is C14H28N2. The molecule has 0 spiro atoms. The minimum atomic E-state index is 0.765. The van der Waals surface area contributed by atoms with Gasteiger partial charge in [0.2, 0.25) is 0 Å². The minimum absolute atomic E-state index is 0.765. The summed E-state index contributed by atoms with van der Waals surface area (Å²) in [6.07, 6.45) is 8.43. The summed E-state index contributed by atoms with van der Waals surface area (Å²) in [5.74, 6) is 1.01. The van der Waals surface area contributed by atoms with Gasteiger partial charge in [-0.3, -0.25) is 4.90 Å². The van der Waals surface area contributed by atoms with Gasteiger partial charge in [0.15, 0.2) is 0 Å². The zero-order valence-electron chi connectivity index (χ0n) is 11.0. The van der Waals surface area contributed by atoms with E-state index < -0.39 is 0 Å². The summed E-state index contributed by atoms with van der Waals surface area (Å²) in [5, 5.41) is 3.68. The van der Waals surface area contributed by atoms with E-state index in [1.165, 1.54) is 58.2 Å². The molecule has 1 N–H and O–H groups in total. The van der Waals surface area contributed by atoms with Crippen molar-refractivity contribution in [2.45, 2.75) is 64.5 Å². The molecule has 2 unspecified atom stereocenters. The van der Waals surface area contributed by atoms with Crippen LogP contribution < -0.4 is 5.32 Å². The monoisotopic (exact) mass is 224 g/mol. The first-order valence-electron chi connectivity index (χ1n) is 7.28. The normalized spacial score (nSPS) is 28.3. The van der Waals surface area contributed by atoms with Gasteiger partial charge in [0, 0.05) is 18.6 Å². The number of rotatable bonds is 6. The van der Waals surface area contributed by atoms with Crippen LogP contribution in [0.4, 0.5) is 0 Å². The zero-order chi connectivity index (χ0) is 11.4. The van der Waals surface area contributed by atoms with Crippen LogP contribution in [-0.4, -0.2) is 36.6 Å². The van der Waals surface area contributed by atoms with Crippen LogP contribution in [0.1, 0.15) is 52.4 Å². The van der Waals surface area contributed by atoms with Crippen LogP contribution in [0.15, 0.2) is 0 Å². The fourth-order valence-corrected chi connectivity index (χ4v) is 2.99. The van der Waals surface area contributed by atoms with E-state index in [1.54, 1.807) is 0 Å². The summed E-state index contributed by atoms with van der Waals surface area (Å²) in [6, 6.07) is 1.59. The highest BCUT2D eigenvalue weighted by atomic mass is 15.2. The van der Waals surface area contributed by atoms with Gasteiger partial charge in [0.25, 0.3) is 0 Å². The number of hydrogen-bond donors (Lipinski definition) is 1. The number of hydrogen-bond acceptors (Lipinski definition) is 2. The van der Waals surface area contributed by atoms with Crippen molar-refractivity contribution in [1.29, 1.82) is 0 Å².